The van der Waals surface area contributed by atoms with Crippen molar-refractivity contribution in [3.8, 4) is 17.1 Å². The molecule has 0 amide bonds. The number of hydrogen-bond acceptors (Lipinski definition) is 8. The maximum atomic E-state index is 6.12. The SMILES string of the molecule is COc1ccc(-c2nnc(SCc3nnsc3Cl)n2C[C@H]2CCCO2)cc1. The quantitative estimate of drug-likeness (QED) is 0.533. The van der Waals surface area contributed by atoms with Gasteiger partial charge in [-0.3, -0.25) is 4.57 Å². The van der Waals surface area contributed by atoms with E-state index in [1.54, 1.807) is 18.9 Å². The molecule has 1 aliphatic rings. The van der Waals surface area contributed by atoms with E-state index in [-0.39, 0.29) is 6.10 Å². The Morgan fingerprint density at radius 2 is 2.15 bits per heavy atom. The second-order valence-corrected chi connectivity index (χ2v) is 8.36. The van der Waals surface area contributed by atoms with Gasteiger partial charge >= 0.3 is 0 Å². The number of halogens is 1. The van der Waals surface area contributed by atoms with Crippen LogP contribution >= 0.6 is 34.9 Å². The Balaban J connectivity index is 1.61. The van der Waals surface area contributed by atoms with Crippen molar-refractivity contribution in [2.45, 2.75) is 36.4 Å². The molecule has 3 heterocycles. The number of rotatable bonds is 7. The number of aromatic nitrogens is 5. The van der Waals surface area contributed by atoms with Crippen molar-refractivity contribution < 1.29 is 9.47 Å². The van der Waals surface area contributed by atoms with E-state index in [1.165, 1.54) is 11.5 Å². The summed E-state index contributed by atoms with van der Waals surface area (Å²) in [6.45, 7) is 1.53. The molecule has 10 heteroatoms. The van der Waals surface area contributed by atoms with Crippen molar-refractivity contribution in [3.05, 3.63) is 34.3 Å². The van der Waals surface area contributed by atoms with E-state index in [0.29, 0.717) is 10.1 Å². The van der Waals surface area contributed by atoms with Crippen LogP contribution < -0.4 is 4.74 Å². The summed E-state index contributed by atoms with van der Waals surface area (Å²) in [5, 5.41) is 13.7. The third-order valence-corrected chi connectivity index (χ3v) is 6.29. The lowest BCUT2D eigenvalue weighted by Crippen LogP contribution is -2.16. The molecule has 27 heavy (non-hydrogen) atoms. The summed E-state index contributed by atoms with van der Waals surface area (Å²) in [4.78, 5) is 0. The molecule has 1 saturated heterocycles. The molecular formula is C17H18ClN5O2S2. The van der Waals surface area contributed by atoms with Crippen molar-refractivity contribution in [1.29, 1.82) is 0 Å². The normalized spacial score (nSPS) is 16.7. The first kappa shape index (κ1) is 18.7. The molecule has 0 aliphatic carbocycles. The number of nitrogens with zero attached hydrogens (tertiary/aromatic N) is 5. The highest BCUT2D eigenvalue weighted by Crippen LogP contribution is 2.30. The van der Waals surface area contributed by atoms with Gasteiger partial charge in [-0.2, -0.15) is 0 Å². The zero-order valence-corrected chi connectivity index (χ0v) is 17.1. The molecule has 0 spiro atoms. The average molecular weight is 424 g/mol. The van der Waals surface area contributed by atoms with E-state index in [4.69, 9.17) is 21.1 Å². The topological polar surface area (TPSA) is 75.0 Å². The third-order valence-electron chi connectivity index (χ3n) is 4.32. The van der Waals surface area contributed by atoms with Crippen LogP contribution in [0.2, 0.25) is 4.34 Å². The van der Waals surface area contributed by atoms with E-state index >= 15 is 0 Å². The number of benzene rings is 1. The van der Waals surface area contributed by atoms with Crippen LogP contribution in [-0.2, 0) is 17.0 Å². The summed E-state index contributed by atoms with van der Waals surface area (Å²) in [5.41, 5.74) is 1.76. The van der Waals surface area contributed by atoms with Gasteiger partial charge in [0.25, 0.3) is 0 Å². The molecule has 0 radical (unpaired) electrons. The first-order valence-corrected chi connectivity index (χ1v) is 10.7. The molecular weight excluding hydrogens is 406 g/mol. The van der Waals surface area contributed by atoms with Crippen molar-refractivity contribution >= 4 is 34.9 Å². The van der Waals surface area contributed by atoms with Crippen LogP contribution in [0.1, 0.15) is 18.5 Å². The monoisotopic (exact) mass is 423 g/mol. The molecule has 0 N–H and O–H groups in total. The maximum absolute atomic E-state index is 6.12. The molecule has 4 rings (SSSR count). The highest BCUT2D eigenvalue weighted by atomic mass is 35.5. The van der Waals surface area contributed by atoms with Gasteiger partial charge < -0.3 is 9.47 Å². The predicted molar refractivity (Wildman–Crippen MR) is 105 cm³/mol. The molecule has 1 aliphatic heterocycles. The van der Waals surface area contributed by atoms with Crippen LogP contribution in [0.5, 0.6) is 5.75 Å². The molecule has 1 atom stereocenters. The number of thioether (sulfide) groups is 1. The minimum Gasteiger partial charge on any atom is -0.497 e. The second-order valence-electron chi connectivity index (χ2n) is 6.06. The lowest BCUT2D eigenvalue weighted by Gasteiger charge is -2.14. The van der Waals surface area contributed by atoms with Crippen molar-refractivity contribution in [3.63, 3.8) is 0 Å². The van der Waals surface area contributed by atoms with Gasteiger partial charge in [0.05, 0.1) is 19.8 Å². The minimum atomic E-state index is 0.182. The highest BCUT2D eigenvalue weighted by Gasteiger charge is 2.22. The fourth-order valence-corrected chi connectivity index (χ4v) is 4.60. The molecule has 3 aromatic rings. The Morgan fingerprint density at radius 3 is 2.81 bits per heavy atom. The van der Waals surface area contributed by atoms with E-state index in [2.05, 4.69) is 24.4 Å². The van der Waals surface area contributed by atoms with Gasteiger partial charge in [0.15, 0.2) is 11.0 Å². The third kappa shape index (κ3) is 4.26. The number of ether oxygens (including phenoxy) is 2. The largest absolute Gasteiger partial charge is 0.497 e. The maximum Gasteiger partial charge on any atom is 0.191 e. The van der Waals surface area contributed by atoms with Crippen LogP contribution in [0, 0.1) is 0 Å². The summed E-state index contributed by atoms with van der Waals surface area (Å²) in [5.74, 6) is 2.23. The highest BCUT2D eigenvalue weighted by molar-refractivity contribution is 7.98. The molecule has 0 unspecified atom stereocenters. The summed E-state index contributed by atoms with van der Waals surface area (Å²) < 4.78 is 17.7. The summed E-state index contributed by atoms with van der Waals surface area (Å²) in [7, 11) is 1.65. The van der Waals surface area contributed by atoms with Gasteiger partial charge in [0.2, 0.25) is 0 Å². The second kappa shape index (κ2) is 8.55. The first-order chi connectivity index (χ1) is 13.2. The van der Waals surface area contributed by atoms with Gasteiger partial charge in [-0.15, -0.1) is 15.3 Å². The Kier molecular flexibility index (Phi) is 5.92. The molecule has 142 valence electrons. The van der Waals surface area contributed by atoms with E-state index in [0.717, 1.165) is 54.0 Å². The van der Waals surface area contributed by atoms with Gasteiger partial charge in [0, 0.05) is 29.5 Å². The van der Waals surface area contributed by atoms with Crippen LogP contribution in [0.25, 0.3) is 11.4 Å². The van der Waals surface area contributed by atoms with Crippen molar-refractivity contribution in [2.24, 2.45) is 0 Å². The summed E-state index contributed by atoms with van der Waals surface area (Å²) in [6, 6.07) is 7.83. The van der Waals surface area contributed by atoms with Crippen LogP contribution in [0.3, 0.4) is 0 Å². The Morgan fingerprint density at radius 1 is 1.30 bits per heavy atom. The predicted octanol–water partition coefficient (Wildman–Crippen LogP) is 3.93. The van der Waals surface area contributed by atoms with Gasteiger partial charge in [-0.1, -0.05) is 27.9 Å². The van der Waals surface area contributed by atoms with Gasteiger partial charge in [-0.05, 0) is 37.1 Å². The zero-order valence-electron chi connectivity index (χ0n) is 14.7. The Bertz CT molecular complexity index is 893. The Labute approximate surface area is 170 Å². The number of hydrogen-bond donors (Lipinski definition) is 0. The fourth-order valence-electron chi connectivity index (χ4n) is 2.92. The summed E-state index contributed by atoms with van der Waals surface area (Å²) in [6.07, 6.45) is 2.32. The number of methoxy groups -OCH3 is 1. The molecule has 0 bridgehead atoms. The smallest absolute Gasteiger partial charge is 0.191 e. The molecule has 0 saturated carbocycles. The van der Waals surface area contributed by atoms with Crippen LogP contribution in [0.4, 0.5) is 0 Å². The molecule has 1 fully saturated rings. The van der Waals surface area contributed by atoms with Crippen molar-refractivity contribution in [1.82, 2.24) is 24.4 Å². The lowest BCUT2D eigenvalue weighted by molar-refractivity contribution is 0.0953. The molecule has 2 aromatic heterocycles. The molecule has 7 nitrogen and oxygen atoms in total. The van der Waals surface area contributed by atoms with E-state index in [9.17, 15) is 0 Å². The zero-order chi connectivity index (χ0) is 18.6. The summed E-state index contributed by atoms with van der Waals surface area (Å²) >= 11 is 8.86. The van der Waals surface area contributed by atoms with Crippen LogP contribution in [-0.4, -0.2) is 44.2 Å². The van der Waals surface area contributed by atoms with Gasteiger partial charge in [0.1, 0.15) is 15.8 Å². The minimum absolute atomic E-state index is 0.182. The van der Waals surface area contributed by atoms with E-state index in [1.807, 2.05) is 24.3 Å². The lowest BCUT2D eigenvalue weighted by atomic mass is 10.2. The van der Waals surface area contributed by atoms with Gasteiger partial charge in [-0.25, -0.2) is 0 Å². The van der Waals surface area contributed by atoms with Crippen LogP contribution in [0.15, 0.2) is 29.4 Å². The van der Waals surface area contributed by atoms with E-state index < -0.39 is 0 Å². The standard InChI is InChI=1S/C17H18ClN5O2S2/c1-24-12-6-4-11(5-7-12)16-20-21-17(23(16)9-13-3-2-8-25-13)26-10-14-15(18)27-22-19-14/h4-7,13H,2-3,8-10H2,1H3/t13-/m1/s1. The Hall–Kier alpha value is -1.68. The fraction of sp³-hybridized carbons (Fsp3) is 0.412. The first-order valence-electron chi connectivity index (χ1n) is 8.53. The van der Waals surface area contributed by atoms with Crippen molar-refractivity contribution in [2.75, 3.05) is 13.7 Å². The average Bonchev–Trinajstić information content (AvgIpc) is 3.43. The molecule has 1 aromatic carbocycles.